The molecule has 0 radical (unpaired) electrons. The molecule has 28 nitrogen and oxygen atoms in total. The van der Waals surface area contributed by atoms with Crippen molar-refractivity contribution in [2.45, 2.75) is 179 Å². The van der Waals surface area contributed by atoms with Gasteiger partial charge in [0.15, 0.2) is 6.20 Å². The third-order valence-corrected chi connectivity index (χ3v) is 23.5. The van der Waals surface area contributed by atoms with Crippen LogP contribution in [0, 0.1) is 17.3 Å². The van der Waals surface area contributed by atoms with E-state index in [4.69, 9.17) is 24.2 Å². The third-order valence-electron chi connectivity index (χ3n) is 21.0. The van der Waals surface area contributed by atoms with Gasteiger partial charge in [-0.1, -0.05) is 87.8 Å². The number of pyridine rings is 2. The van der Waals surface area contributed by atoms with Crippen molar-refractivity contribution < 1.29 is 63.8 Å². The second-order valence-corrected chi connectivity index (χ2v) is 32.3. The van der Waals surface area contributed by atoms with E-state index < -0.39 is 48.0 Å². The molecule has 590 valence electrons. The maximum Gasteiger partial charge on any atom is 0.343 e. The zero-order chi connectivity index (χ0) is 79.2. The van der Waals surface area contributed by atoms with Gasteiger partial charge in [0.1, 0.15) is 44.3 Å². The van der Waals surface area contributed by atoms with E-state index >= 15 is 0 Å². The largest absolute Gasteiger partial charge is 0.744 e. The summed E-state index contributed by atoms with van der Waals surface area (Å²) in [6.45, 7) is 17.3. The molecule has 2 bridgehead atoms. The van der Waals surface area contributed by atoms with Gasteiger partial charge in [0, 0.05) is 122 Å². The highest BCUT2D eigenvalue weighted by Gasteiger charge is 2.56. The molecule has 4 N–H and O–H groups in total. The van der Waals surface area contributed by atoms with E-state index in [1.807, 2.05) is 32.0 Å². The summed E-state index contributed by atoms with van der Waals surface area (Å²) in [4.78, 5) is 82.9. The van der Waals surface area contributed by atoms with Crippen molar-refractivity contribution in [3.8, 4) is 11.5 Å². The van der Waals surface area contributed by atoms with Gasteiger partial charge in [0.2, 0.25) is 17.5 Å². The minimum atomic E-state index is -4.75. The number of amides is 4. The Labute approximate surface area is 642 Å². The number of unbranched alkanes of at least 4 members (excludes halogenated alkanes) is 8. The highest BCUT2D eigenvalue weighted by molar-refractivity contribution is 7.90. The van der Waals surface area contributed by atoms with E-state index in [0.717, 1.165) is 116 Å². The van der Waals surface area contributed by atoms with E-state index in [9.17, 15) is 50.2 Å². The molecule has 4 aromatic heterocycles. The van der Waals surface area contributed by atoms with Gasteiger partial charge >= 0.3 is 5.63 Å². The Balaban J connectivity index is 0.647. The van der Waals surface area contributed by atoms with Crippen molar-refractivity contribution in [1.82, 2.24) is 40.2 Å². The van der Waals surface area contributed by atoms with Crippen molar-refractivity contribution in [1.29, 1.82) is 0 Å². The molecule has 3 aliphatic rings. The van der Waals surface area contributed by atoms with Crippen LogP contribution in [0.5, 0.6) is 11.5 Å². The molecule has 4 amide bonds. The predicted octanol–water partition coefficient (Wildman–Crippen LogP) is 11.1. The Kier molecular flexibility index (Phi) is 29.8. The number of benzene rings is 3. The van der Waals surface area contributed by atoms with Crippen molar-refractivity contribution in [3.63, 3.8) is 0 Å². The number of nitrogens with one attached hydrogen (secondary N) is 4. The van der Waals surface area contributed by atoms with E-state index in [-0.39, 0.29) is 83.9 Å². The lowest BCUT2D eigenvalue weighted by atomic mass is 9.45. The molecule has 0 saturated heterocycles. The quantitative estimate of drug-likeness (QED) is 0.00403. The number of hydrogen-bond acceptors (Lipinski definition) is 19. The van der Waals surface area contributed by atoms with E-state index in [2.05, 4.69) is 92.4 Å². The van der Waals surface area contributed by atoms with Crippen LogP contribution < -0.4 is 51.4 Å². The van der Waals surface area contributed by atoms with Crippen LogP contribution in [-0.4, -0.2) is 131 Å². The minimum Gasteiger partial charge on any atom is -0.744 e. The number of aryl methyl sites for hydroxylation is 1. The van der Waals surface area contributed by atoms with Gasteiger partial charge in [-0.3, -0.25) is 24.0 Å². The molecule has 1 fully saturated rings. The van der Waals surface area contributed by atoms with Gasteiger partial charge in [-0.05, 0) is 159 Å². The summed E-state index contributed by atoms with van der Waals surface area (Å²) >= 11 is 0. The summed E-state index contributed by atoms with van der Waals surface area (Å²) in [7, 11) is -5.92. The van der Waals surface area contributed by atoms with Crippen LogP contribution in [0.4, 0.5) is 5.69 Å². The van der Waals surface area contributed by atoms with Crippen molar-refractivity contribution in [3.05, 3.63) is 186 Å². The first-order valence-electron chi connectivity index (χ1n) is 37.8. The number of anilines is 1. The van der Waals surface area contributed by atoms with Gasteiger partial charge in [-0.2, -0.15) is 4.57 Å². The third kappa shape index (κ3) is 22.2. The molecule has 3 aromatic carbocycles. The number of hydrogen-bond donors (Lipinski definition) is 4. The maximum absolute atomic E-state index is 13.9. The normalized spacial score (nSPS) is 15.3. The fraction of sp³-hybridized carbons (Fsp3) is 0.487. The van der Waals surface area contributed by atoms with Gasteiger partial charge in [0.25, 0.3) is 27.4 Å². The average molecular weight is 1550 g/mol. The van der Waals surface area contributed by atoms with Gasteiger partial charge in [-0.25, -0.2) is 30.3 Å². The number of carbonyl (C=O) groups excluding carboxylic acids is 4. The molecular formula is C80H103N13O15S2. The first-order valence-corrected chi connectivity index (χ1v) is 40.7. The summed E-state index contributed by atoms with van der Waals surface area (Å²) in [5.41, 5.74) is 12.9. The number of aromatic nitrogens is 5. The van der Waals surface area contributed by atoms with Gasteiger partial charge < -0.3 is 49.3 Å². The number of rotatable bonds is 44. The highest BCUT2D eigenvalue weighted by atomic mass is 32.2. The first-order chi connectivity index (χ1) is 52.7. The maximum atomic E-state index is 13.9. The van der Waals surface area contributed by atoms with Crippen LogP contribution in [0.15, 0.2) is 144 Å². The Bertz CT molecular complexity index is 4860. The lowest BCUT2D eigenvalue weighted by molar-refractivity contribution is -0.700. The van der Waals surface area contributed by atoms with Gasteiger partial charge in [0.05, 0.1) is 62.7 Å². The lowest BCUT2D eigenvalue weighted by Gasteiger charge is -2.59. The van der Waals surface area contributed by atoms with Crippen LogP contribution in [0.2, 0.25) is 0 Å². The first kappa shape index (κ1) is 84.0. The van der Waals surface area contributed by atoms with Crippen LogP contribution in [0.1, 0.15) is 193 Å². The summed E-state index contributed by atoms with van der Waals surface area (Å²) in [5.74, 6) is 0.931. The molecule has 110 heavy (non-hydrogen) atoms. The molecule has 10 rings (SSSR count). The molecular weight excluding hydrogens is 1450 g/mol. The Morgan fingerprint density at radius 2 is 1.48 bits per heavy atom. The Morgan fingerprint density at radius 3 is 2.20 bits per heavy atom. The van der Waals surface area contributed by atoms with Gasteiger partial charge in [-0.15, -0.1) is 5.10 Å². The summed E-state index contributed by atoms with van der Waals surface area (Å²) in [5, 5.41) is 24.1. The Morgan fingerprint density at radius 1 is 0.773 bits per heavy atom. The molecule has 3 atom stereocenters. The lowest BCUT2D eigenvalue weighted by Crippen LogP contribution is -2.52. The second-order valence-electron chi connectivity index (χ2n) is 29.1. The SMILES string of the molecule is CCN(CC)c1ccc2cc(C=Cc3ccc(S(=O)(=O)[O-])c[n+]3CCCCCC(=O)NCCOCCn3cc(CNC(=O)c4cccc(S(=O)(=O)n5cc(C(=O)NCCCCCCC(=O)NCC6=C[C@H](c7c(OC)cc(C(C)(C)CCCCCCN=[N+]=[N-])cc7OC)[C@@H]7C[C@H]6C7(C)C)ccc5=O)c4)nn3)c(=O)oc2c1. The number of ether oxygens (including phenoxy) is 3. The number of allylic oxidation sites excluding steroid dienone is 1. The smallest absolute Gasteiger partial charge is 0.343 e. The van der Waals surface area contributed by atoms with Crippen LogP contribution in [-0.2, 0) is 59.5 Å². The van der Waals surface area contributed by atoms with Crippen molar-refractivity contribution in [2.75, 3.05) is 71.6 Å². The standard InChI is InChI=1S/C80H103N13O15S2/c1-9-90(10-2)63-31-27-55-43-57(78(99)108-69(55)48-63)28-30-62-32-33-65(110(102,103)104)54-91(62)39-21-15-17-25-72(94)82-38-41-107-42-40-92-53-61(87-89-92)51-85-76(97)56-23-22-24-64(44-56)109(100,101)93-52-58(29-34-74(93)96)77(98)83-36-19-13-11-16-26-73(95)84-50-59-45-66(68-49-67(59)80(68,5)6)75-70(105-7)46-60(47-71(75)106-8)79(3,4)35-18-12-14-20-37-86-88-81/h22-24,27-34,43-48,52-54,66-68H,9-21,25-26,35-42,49-51H2,1-8H3,(H4-,82,83,84,85,94,95,97,98,102,103,104)/t66-,67+,68-/m0/s1. The molecule has 3 aliphatic carbocycles. The number of azide groups is 1. The molecule has 0 aliphatic heterocycles. The van der Waals surface area contributed by atoms with Crippen LogP contribution in [0.3, 0.4) is 0 Å². The zero-order valence-electron chi connectivity index (χ0n) is 64.1. The van der Waals surface area contributed by atoms with E-state index in [0.29, 0.717) is 103 Å². The van der Waals surface area contributed by atoms with E-state index in [1.165, 1.54) is 52.8 Å². The highest BCUT2D eigenvalue weighted by Crippen LogP contribution is 2.65. The van der Waals surface area contributed by atoms with Crippen LogP contribution >= 0.6 is 0 Å². The number of nitrogens with zero attached hydrogens (tertiary/aromatic N) is 9. The predicted molar refractivity (Wildman–Crippen MR) is 417 cm³/mol. The Hall–Kier alpha value is -10.0. The monoisotopic (exact) mass is 1550 g/mol. The summed E-state index contributed by atoms with van der Waals surface area (Å²) in [6, 6.07) is 21.9. The molecule has 0 spiro atoms. The zero-order valence-corrected chi connectivity index (χ0v) is 65.8. The summed E-state index contributed by atoms with van der Waals surface area (Å²) < 4.78 is 90.9. The van der Waals surface area contributed by atoms with Crippen LogP contribution in [0.25, 0.3) is 33.6 Å². The number of fused-ring (bicyclic) bond motifs is 2. The summed E-state index contributed by atoms with van der Waals surface area (Å²) in [6.07, 6.45) is 20.4. The average Bonchev–Trinajstić information content (AvgIpc) is 0.756. The van der Waals surface area contributed by atoms with Crippen molar-refractivity contribution in [2.24, 2.45) is 22.4 Å². The fourth-order valence-corrected chi connectivity index (χ4v) is 16.3. The molecule has 30 heteroatoms. The molecule has 1 saturated carbocycles. The number of methoxy groups -OCH3 is 2. The molecule has 7 aromatic rings. The van der Waals surface area contributed by atoms with Crippen molar-refractivity contribution >= 4 is 72.6 Å². The second kappa shape index (κ2) is 39.1. The topological polar surface area (TPSA) is 374 Å². The molecule has 0 unspecified atom stereocenters. The number of carbonyl (C=O) groups is 4. The fourth-order valence-electron chi connectivity index (χ4n) is 14.5. The van der Waals surface area contributed by atoms with E-state index in [1.54, 1.807) is 43.2 Å². The minimum absolute atomic E-state index is 0.00617. The molecule has 4 heterocycles.